The molecule has 0 heterocycles. The summed E-state index contributed by atoms with van der Waals surface area (Å²) in [6.45, 7) is 1.36. The average molecular weight is 118 g/mol. The first-order valence-electron chi connectivity index (χ1n) is 1.32. The third-order valence-electron chi connectivity index (χ3n) is 0.287. The summed E-state index contributed by atoms with van der Waals surface area (Å²) in [4.78, 5) is 9.59. The van der Waals surface area contributed by atoms with Crippen LogP contribution in [0, 0.1) is 0 Å². The fraction of sp³-hybridized carbons (Fsp3) is 0.667. The average Bonchev–Trinajstić information content (AvgIpc) is 1.38. The Morgan fingerprint density at radius 2 is 1.86 bits per heavy atom. The fourth-order valence-corrected chi connectivity index (χ4v) is 0. The van der Waals surface area contributed by atoms with E-state index in [0.29, 0.717) is 0 Å². The van der Waals surface area contributed by atoms with Gasteiger partial charge in [-0.25, -0.2) is 0 Å². The van der Waals surface area contributed by atoms with Crippen molar-refractivity contribution in [1.82, 2.24) is 0 Å². The van der Waals surface area contributed by atoms with Gasteiger partial charge in [-0.1, -0.05) is 0 Å². The Bertz CT molecular complexity index is 52.3. The summed E-state index contributed by atoms with van der Waals surface area (Å²) >= 11 is 0. The summed E-state index contributed by atoms with van der Waals surface area (Å²) in [6.07, 6.45) is 0. The molecule has 0 saturated carbocycles. The molecule has 0 spiro atoms. The van der Waals surface area contributed by atoms with Gasteiger partial charge in [0.15, 0.2) is 0 Å². The van der Waals surface area contributed by atoms with Crippen LogP contribution in [0.4, 0.5) is 0 Å². The minimum atomic E-state index is -0.245. The number of carbonyl (C=O) groups excluding carboxylic acids is 1. The molecule has 2 N–H and O–H groups in total. The van der Waals surface area contributed by atoms with E-state index in [0.717, 1.165) is 0 Å². The van der Waals surface area contributed by atoms with E-state index in [2.05, 4.69) is 4.74 Å². The molecule has 0 radical (unpaired) electrons. The molecule has 0 fully saturated rings. The number of methoxy groups -OCH3 is 1. The number of ether oxygens (including phenoxy) is 1. The first-order valence-corrected chi connectivity index (χ1v) is 1.32. The molecule has 4 heteroatoms. The van der Waals surface area contributed by atoms with Gasteiger partial charge in [0.2, 0.25) is 0 Å². The van der Waals surface area contributed by atoms with E-state index in [-0.39, 0.29) is 37.4 Å². The SMILES string of the molecule is COC(C)=O.O.[H-].[H-].[Mg+2]. The van der Waals surface area contributed by atoms with Gasteiger partial charge in [0.1, 0.15) is 0 Å². The predicted octanol–water partition coefficient (Wildman–Crippen LogP) is -0.801. The van der Waals surface area contributed by atoms with Crippen LogP contribution in [0.2, 0.25) is 0 Å². The fourth-order valence-electron chi connectivity index (χ4n) is 0. The summed E-state index contributed by atoms with van der Waals surface area (Å²) in [7, 11) is 1.35. The van der Waals surface area contributed by atoms with Gasteiger partial charge in [-0.2, -0.15) is 0 Å². The largest absolute Gasteiger partial charge is 2.00 e. The van der Waals surface area contributed by atoms with Gasteiger partial charge < -0.3 is 13.1 Å². The van der Waals surface area contributed by atoms with E-state index in [4.69, 9.17) is 0 Å². The van der Waals surface area contributed by atoms with Crippen molar-refractivity contribution in [2.75, 3.05) is 7.11 Å². The zero-order valence-corrected chi connectivity index (χ0v) is 5.94. The maximum atomic E-state index is 9.59. The van der Waals surface area contributed by atoms with Crippen LogP contribution in [0.1, 0.15) is 9.78 Å². The van der Waals surface area contributed by atoms with Crippen LogP contribution < -0.4 is 0 Å². The van der Waals surface area contributed by atoms with Crippen LogP contribution in [0.5, 0.6) is 0 Å². The standard InChI is InChI=1S/C3H6O2.Mg.H2O.2H/c1-3(4)5-2;;;;/h1-2H3;;1H2;;/q;+2;;2*-1. The molecule has 0 aromatic carbocycles. The van der Waals surface area contributed by atoms with Crippen LogP contribution in [-0.4, -0.2) is 41.6 Å². The number of esters is 1. The van der Waals surface area contributed by atoms with Gasteiger partial charge >= 0.3 is 29.0 Å². The molecule has 0 unspecified atom stereocenters. The first kappa shape index (κ1) is 15.7. The van der Waals surface area contributed by atoms with Crippen molar-refractivity contribution >= 4 is 29.0 Å². The van der Waals surface area contributed by atoms with Crippen LogP contribution in [-0.2, 0) is 9.53 Å². The summed E-state index contributed by atoms with van der Waals surface area (Å²) in [5, 5.41) is 0. The van der Waals surface area contributed by atoms with E-state index in [1.54, 1.807) is 0 Å². The maximum Gasteiger partial charge on any atom is 2.00 e. The molecule has 0 aliphatic rings. The Labute approximate surface area is 61.5 Å². The second-order valence-corrected chi connectivity index (χ2v) is 0.696. The van der Waals surface area contributed by atoms with Crippen LogP contribution in [0.3, 0.4) is 0 Å². The Balaban J connectivity index is -0.0000000133. The molecule has 0 aliphatic carbocycles. The molecular formula is C3H10MgO3. The van der Waals surface area contributed by atoms with E-state index in [9.17, 15) is 4.79 Å². The van der Waals surface area contributed by atoms with Gasteiger partial charge in [-0.3, -0.25) is 4.79 Å². The van der Waals surface area contributed by atoms with Crippen molar-refractivity contribution in [3.8, 4) is 0 Å². The van der Waals surface area contributed by atoms with Gasteiger partial charge in [-0.15, -0.1) is 0 Å². The summed E-state index contributed by atoms with van der Waals surface area (Å²) < 4.78 is 4.11. The van der Waals surface area contributed by atoms with Crippen molar-refractivity contribution in [2.45, 2.75) is 6.92 Å². The van der Waals surface area contributed by atoms with Crippen molar-refractivity contribution in [2.24, 2.45) is 0 Å². The normalized spacial score (nSPS) is 4.86. The number of hydrogen-bond donors (Lipinski definition) is 0. The Hall–Kier alpha value is 0.196. The third-order valence-corrected chi connectivity index (χ3v) is 0.287. The van der Waals surface area contributed by atoms with Crippen molar-refractivity contribution in [1.29, 1.82) is 0 Å². The van der Waals surface area contributed by atoms with E-state index >= 15 is 0 Å². The van der Waals surface area contributed by atoms with Crippen LogP contribution >= 0.6 is 0 Å². The molecule has 42 valence electrons. The molecule has 0 aromatic heterocycles. The zero-order chi connectivity index (χ0) is 4.28. The van der Waals surface area contributed by atoms with Crippen molar-refractivity contribution in [3.63, 3.8) is 0 Å². The number of hydrogen-bond acceptors (Lipinski definition) is 2. The van der Waals surface area contributed by atoms with Gasteiger partial charge in [-0.05, 0) is 0 Å². The van der Waals surface area contributed by atoms with Crippen molar-refractivity contribution < 1.29 is 17.9 Å². The Morgan fingerprint density at radius 1 is 1.71 bits per heavy atom. The molecule has 0 rings (SSSR count). The molecule has 0 aliphatic heterocycles. The molecule has 7 heavy (non-hydrogen) atoms. The molecule has 0 atom stereocenters. The predicted molar refractivity (Wildman–Crippen MR) is 29.3 cm³/mol. The van der Waals surface area contributed by atoms with E-state index in [1.165, 1.54) is 14.0 Å². The molecule has 0 amide bonds. The quantitative estimate of drug-likeness (QED) is 0.309. The Morgan fingerprint density at radius 3 is 1.86 bits per heavy atom. The van der Waals surface area contributed by atoms with Gasteiger partial charge in [0.25, 0.3) is 0 Å². The summed E-state index contributed by atoms with van der Waals surface area (Å²) in [6, 6.07) is 0. The molecule has 0 aromatic rings. The Kier molecular flexibility index (Phi) is 21.3. The van der Waals surface area contributed by atoms with Gasteiger partial charge in [0.05, 0.1) is 7.11 Å². The summed E-state index contributed by atoms with van der Waals surface area (Å²) in [5.74, 6) is -0.245. The van der Waals surface area contributed by atoms with E-state index < -0.39 is 0 Å². The second kappa shape index (κ2) is 9.50. The summed E-state index contributed by atoms with van der Waals surface area (Å²) in [5.41, 5.74) is 0. The van der Waals surface area contributed by atoms with E-state index in [1.807, 2.05) is 0 Å². The molecule has 3 nitrogen and oxygen atoms in total. The molecule has 0 bridgehead atoms. The van der Waals surface area contributed by atoms with Crippen LogP contribution in [0.15, 0.2) is 0 Å². The monoisotopic (exact) mass is 118 g/mol. The van der Waals surface area contributed by atoms with Crippen LogP contribution in [0.25, 0.3) is 0 Å². The van der Waals surface area contributed by atoms with Crippen molar-refractivity contribution in [3.05, 3.63) is 0 Å². The second-order valence-electron chi connectivity index (χ2n) is 0.696. The maximum absolute atomic E-state index is 9.59. The minimum Gasteiger partial charge on any atom is -1.00 e. The minimum absolute atomic E-state index is 0. The molecular weight excluding hydrogens is 108 g/mol. The number of rotatable bonds is 0. The smallest absolute Gasteiger partial charge is 1.00 e. The van der Waals surface area contributed by atoms with Gasteiger partial charge in [0, 0.05) is 6.92 Å². The third kappa shape index (κ3) is 22.6. The topological polar surface area (TPSA) is 57.8 Å². The number of carbonyl (C=O) groups is 1. The first-order chi connectivity index (χ1) is 2.27. The zero-order valence-electron chi connectivity index (χ0n) is 6.52. The molecule has 0 saturated heterocycles.